The van der Waals surface area contributed by atoms with Crippen LogP contribution in [0.4, 0.5) is 13.2 Å². The maximum atomic E-state index is 12.5. The molecule has 0 radical (unpaired) electrons. The van der Waals surface area contributed by atoms with E-state index in [1.807, 2.05) is 0 Å². The van der Waals surface area contributed by atoms with Crippen molar-refractivity contribution in [1.82, 2.24) is 9.78 Å². The number of rotatable bonds is 2. The second-order valence-corrected chi connectivity index (χ2v) is 4.54. The van der Waals surface area contributed by atoms with Gasteiger partial charge in [0.05, 0.1) is 6.04 Å². The molecule has 0 aliphatic rings. The zero-order valence-corrected chi connectivity index (χ0v) is 10.6. The Labute approximate surface area is 111 Å². The molecule has 1 heterocycles. The summed E-state index contributed by atoms with van der Waals surface area (Å²) in [5.41, 5.74) is -1.10. The molecule has 0 saturated heterocycles. The van der Waals surface area contributed by atoms with E-state index in [-0.39, 0.29) is 0 Å². The first-order chi connectivity index (χ1) is 8.79. The number of benzene rings is 1. The average molecular weight is 291 g/mol. The molecule has 0 fully saturated rings. The van der Waals surface area contributed by atoms with E-state index in [2.05, 4.69) is 5.10 Å². The molecular weight excluding hydrogens is 281 g/mol. The molecule has 1 aromatic heterocycles. The predicted octanol–water partition coefficient (Wildman–Crippen LogP) is 3.46. The fraction of sp³-hybridized carbons (Fsp3) is 0.250. The lowest BCUT2D eigenvalue weighted by molar-refractivity contribution is -0.141. The molecule has 0 aliphatic carbocycles. The summed E-state index contributed by atoms with van der Waals surface area (Å²) in [6, 6.07) is 6.56. The summed E-state index contributed by atoms with van der Waals surface area (Å²) in [6.07, 6.45) is -4.57. The number of hydrogen-bond donors (Lipinski definition) is 1. The average Bonchev–Trinajstić information content (AvgIpc) is 2.71. The van der Waals surface area contributed by atoms with Gasteiger partial charge >= 0.3 is 6.18 Å². The lowest BCUT2D eigenvalue weighted by atomic mass is 10.1. The summed E-state index contributed by atoms with van der Waals surface area (Å²) in [7, 11) is 0. The molecule has 0 amide bonds. The molecule has 102 valence electrons. The van der Waals surface area contributed by atoms with Crippen molar-refractivity contribution in [2.24, 2.45) is 0 Å². The van der Waals surface area contributed by atoms with Gasteiger partial charge in [-0.1, -0.05) is 23.7 Å². The standard InChI is InChI=1S/C12H10ClF3N2O/c1-7(8-2-4-9(13)5-3-8)18-11(19)6-10(17-18)12(14,15)16/h2-7,17H,1H3. The van der Waals surface area contributed by atoms with Crippen LogP contribution < -0.4 is 5.56 Å². The first-order valence-corrected chi connectivity index (χ1v) is 5.81. The Bertz CT molecular complexity index is 628. The fourth-order valence-electron chi connectivity index (χ4n) is 1.73. The third-order valence-corrected chi connectivity index (χ3v) is 3.04. The smallest absolute Gasteiger partial charge is 0.291 e. The van der Waals surface area contributed by atoms with E-state index in [0.717, 1.165) is 4.68 Å². The minimum atomic E-state index is -4.57. The van der Waals surface area contributed by atoms with E-state index in [0.29, 0.717) is 16.7 Å². The molecule has 3 nitrogen and oxygen atoms in total. The van der Waals surface area contributed by atoms with Crippen molar-refractivity contribution in [3.8, 4) is 0 Å². The Hall–Kier alpha value is -1.69. The minimum Gasteiger partial charge on any atom is -0.291 e. The predicted molar refractivity (Wildman–Crippen MR) is 65.3 cm³/mol. The van der Waals surface area contributed by atoms with Crippen LogP contribution in [0.5, 0.6) is 0 Å². The highest BCUT2D eigenvalue weighted by Crippen LogP contribution is 2.27. The normalized spacial score (nSPS) is 13.5. The van der Waals surface area contributed by atoms with Crippen molar-refractivity contribution in [3.63, 3.8) is 0 Å². The van der Waals surface area contributed by atoms with E-state index in [1.165, 1.54) is 0 Å². The molecule has 19 heavy (non-hydrogen) atoms. The lowest BCUT2D eigenvalue weighted by Gasteiger charge is -2.13. The molecule has 1 atom stereocenters. The monoisotopic (exact) mass is 290 g/mol. The summed E-state index contributed by atoms with van der Waals surface area (Å²) in [5, 5.41) is 2.60. The third-order valence-electron chi connectivity index (χ3n) is 2.79. The van der Waals surface area contributed by atoms with Crippen LogP contribution in [0.2, 0.25) is 5.02 Å². The molecule has 1 unspecified atom stereocenters. The lowest BCUT2D eigenvalue weighted by Crippen LogP contribution is -2.21. The van der Waals surface area contributed by atoms with Gasteiger partial charge in [-0.25, -0.2) is 4.68 Å². The van der Waals surface area contributed by atoms with Crippen molar-refractivity contribution < 1.29 is 13.2 Å². The molecule has 0 saturated carbocycles. The van der Waals surface area contributed by atoms with Crippen molar-refractivity contribution in [2.45, 2.75) is 19.1 Å². The SMILES string of the molecule is CC(c1ccc(Cl)cc1)n1[nH]c(C(F)(F)F)cc1=O. The number of nitrogens with one attached hydrogen (secondary N) is 1. The van der Waals surface area contributed by atoms with Gasteiger partial charge in [0.15, 0.2) is 0 Å². The molecule has 0 bridgehead atoms. The Morgan fingerprint density at radius 2 is 1.84 bits per heavy atom. The van der Waals surface area contributed by atoms with Gasteiger partial charge in [-0.05, 0) is 24.6 Å². The Morgan fingerprint density at radius 3 is 2.32 bits per heavy atom. The maximum absolute atomic E-state index is 12.5. The van der Waals surface area contributed by atoms with Crippen LogP contribution in [0.25, 0.3) is 0 Å². The second-order valence-electron chi connectivity index (χ2n) is 4.10. The van der Waals surface area contributed by atoms with E-state index in [4.69, 9.17) is 11.6 Å². The van der Waals surface area contributed by atoms with Gasteiger partial charge in [0, 0.05) is 11.1 Å². The second kappa shape index (κ2) is 4.77. The molecule has 2 aromatic rings. The largest absolute Gasteiger partial charge is 0.432 e. The number of halogens is 4. The van der Waals surface area contributed by atoms with Crippen LogP contribution in [0.1, 0.15) is 24.2 Å². The van der Waals surface area contributed by atoms with Crippen LogP contribution >= 0.6 is 11.6 Å². The topological polar surface area (TPSA) is 37.8 Å². The zero-order valence-electron chi connectivity index (χ0n) is 9.83. The number of nitrogens with zero attached hydrogens (tertiary/aromatic N) is 1. The van der Waals surface area contributed by atoms with Crippen LogP contribution in [-0.2, 0) is 6.18 Å². The van der Waals surface area contributed by atoms with Gasteiger partial charge in [0.25, 0.3) is 5.56 Å². The molecule has 7 heteroatoms. The van der Waals surface area contributed by atoms with E-state index in [1.54, 1.807) is 31.2 Å². The Balaban J connectivity index is 2.39. The highest BCUT2D eigenvalue weighted by molar-refractivity contribution is 6.30. The van der Waals surface area contributed by atoms with Crippen molar-refractivity contribution in [3.05, 3.63) is 57.0 Å². The molecule has 1 aromatic carbocycles. The van der Waals surface area contributed by atoms with Crippen molar-refractivity contribution in [1.29, 1.82) is 0 Å². The number of hydrogen-bond acceptors (Lipinski definition) is 1. The highest BCUT2D eigenvalue weighted by Gasteiger charge is 2.34. The fourth-order valence-corrected chi connectivity index (χ4v) is 1.86. The summed E-state index contributed by atoms with van der Waals surface area (Å²) in [6.45, 7) is 1.63. The summed E-state index contributed by atoms with van der Waals surface area (Å²) < 4.78 is 38.4. The van der Waals surface area contributed by atoms with E-state index < -0.39 is 23.5 Å². The van der Waals surface area contributed by atoms with E-state index >= 15 is 0 Å². The molecule has 1 N–H and O–H groups in total. The number of alkyl halides is 3. The highest BCUT2D eigenvalue weighted by atomic mass is 35.5. The van der Waals surface area contributed by atoms with Gasteiger partial charge in [-0.3, -0.25) is 9.89 Å². The Kier molecular flexibility index (Phi) is 3.45. The van der Waals surface area contributed by atoms with Crippen molar-refractivity contribution >= 4 is 11.6 Å². The van der Waals surface area contributed by atoms with Gasteiger partial charge in [0.1, 0.15) is 5.69 Å². The van der Waals surface area contributed by atoms with Gasteiger partial charge < -0.3 is 0 Å². The van der Waals surface area contributed by atoms with Gasteiger partial charge in [0.2, 0.25) is 0 Å². The first-order valence-electron chi connectivity index (χ1n) is 5.43. The number of H-pyrrole nitrogens is 1. The minimum absolute atomic E-state index is 0.519. The third kappa shape index (κ3) is 2.84. The number of aromatic nitrogens is 2. The van der Waals surface area contributed by atoms with Crippen LogP contribution in [0.15, 0.2) is 35.1 Å². The molecule has 2 rings (SSSR count). The first kappa shape index (κ1) is 13.7. The quantitative estimate of drug-likeness (QED) is 0.904. The van der Waals surface area contributed by atoms with Gasteiger partial charge in [-0.2, -0.15) is 13.2 Å². The summed E-state index contributed by atoms with van der Waals surface area (Å²) in [4.78, 5) is 11.6. The van der Waals surface area contributed by atoms with Crippen LogP contribution in [0, 0.1) is 0 Å². The molecule has 0 aliphatic heterocycles. The molecular formula is C12H10ClF3N2O. The van der Waals surface area contributed by atoms with Gasteiger partial charge in [-0.15, -0.1) is 0 Å². The molecule has 0 spiro atoms. The van der Waals surface area contributed by atoms with Crippen LogP contribution in [-0.4, -0.2) is 9.78 Å². The van der Waals surface area contributed by atoms with Crippen molar-refractivity contribution in [2.75, 3.05) is 0 Å². The van der Waals surface area contributed by atoms with Crippen LogP contribution in [0.3, 0.4) is 0 Å². The summed E-state index contributed by atoms with van der Waals surface area (Å²) in [5.74, 6) is 0. The summed E-state index contributed by atoms with van der Waals surface area (Å²) >= 11 is 5.73. The zero-order chi connectivity index (χ0) is 14.2. The number of aromatic amines is 1. The maximum Gasteiger partial charge on any atom is 0.432 e. The Morgan fingerprint density at radius 1 is 1.26 bits per heavy atom. The van der Waals surface area contributed by atoms with E-state index in [9.17, 15) is 18.0 Å².